The van der Waals surface area contributed by atoms with Gasteiger partial charge in [-0.2, -0.15) is 0 Å². The molecule has 0 saturated heterocycles. The third-order valence-corrected chi connectivity index (χ3v) is 5.00. The number of carbonyl (C=O) groups is 1. The number of benzene rings is 1. The van der Waals surface area contributed by atoms with E-state index in [0.29, 0.717) is 6.54 Å². The maximum absolute atomic E-state index is 12.3. The van der Waals surface area contributed by atoms with Gasteiger partial charge in [0.15, 0.2) is 0 Å². The molecule has 0 spiro atoms. The first-order valence-electron chi connectivity index (χ1n) is 8.32. The second-order valence-electron chi connectivity index (χ2n) is 7.14. The molecule has 3 N–H and O–H groups in total. The van der Waals surface area contributed by atoms with Crippen molar-refractivity contribution in [3.05, 3.63) is 52.0 Å². The van der Waals surface area contributed by atoms with E-state index in [2.05, 4.69) is 36.5 Å². The summed E-state index contributed by atoms with van der Waals surface area (Å²) in [4.78, 5) is 17.0. The predicted octanol–water partition coefficient (Wildman–Crippen LogP) is 3.44. The molecule has 0 bridgehead atoms. The molecule has 2 aromatic rings. The molecule has 0 saturated carbocycles. The molecule has 0 aliphatic heterocycles. The van der Waals surface area contributed by atoms with Crippen LogP contribution in [0.5, 0.6) is 0 Å². The fourth-order valence-electron chi connectivity index (χ4n) is 2.35. The van der Waals surface area contributed by atoms with Crippen molar-refractivity contribution in [3.8, 4) is 0 Å². The number of hydrogen-bond donors (Lipinski definition) is 2. The van der Waals surface area contributed by atoms with E-state index in [1.54, 1.807) is 11.3 Å². The van der Waals surface area contributed by atoms with E-state index in [1.165, 1.54) is 0 Å². The van der Waals surface area contributed by atoms with E-state index in [1.807, 2.05) is 37.3 Å². The average molecular weight is 346 g/mol. The zero-order chi connectivity index (χ0) is 17.7. The van der Waals surface area contributed by atoms with Gasteiger partial charge in [-0.3, -0.25) is 4.79 Å². The first-order chi connectivity index (χ1) is 11.3. The Hall–Kier alpha value is -1.72. The van der Waals surface area contributed by atoms with Crippen molar-refractivity contribution in [2.45, 2.75) is 45.6 Å². The molecule has 0 fully saturated rings. The van der Waals surface area contributed by atoms with E-state index in [4.69, 9.17) is 5.73 Å². The summed E-state index contributed by atoms with van der Waals surface area (Å²) in [5.41, 5.74) is 8.35. The molecule has 4 nitrogen and oxygen atoms in total. The first kappa shape index (κ1) is 18.6. The molecule has 1 amide bonds. The van der Waals surface area contributed by atoms with Crippen LogP contribution in [0.15, 0.2) is 35.7 Å². The van der Waals surface area contributed by atoms with Crippen LogP contribution >= 0.6 is 11.3 Å². The Labute approximate surface area is 148 Å². The molecule has 0 aliphatic carbocycles. The van der Waals surface area contributed by atoms with Crippen molar-refractivity contribution >= 4 is 17.2 Å². The predicted molar refractivity (Wildman–Crippen MR) is 100 cm³/mol. The lowest BCUT2D eigenvalue weighted by Gasteiger charge is -2.19. The Balaban J connectivity index is 1.83. The fraction of sp³-hybridized carbons (Fsp3) is 0.474. The Bertz CT molecular complexity index is 661. The first-order valence-corrected chi connectivity index (χ1v) is 9.20. The van der Waals surface area contributed by atoms with Gasteiger partial charge in [-0.1, -0.05) is 58.0 Å². The lowest BCUT2D eigenvalue weighted by atomic mass is 9.93. The number of thiazole rings is 1. The van der Waals surface area contributed by atoms with Crippen molar-refractivity contribution in [1.82, 2.24) is 10.3 Å². The van der Waals surface area contributed by atoms with Gasteiger partial charge < -0.3 is 11.1 Å². The molecule has 0 aliphatic rings. The summed E-state index contributed by atoms with van der Waals surface area (Å²) < 4.78 is 0. The lowest BCUT2D eigenvalue weighted by Crippen LogP contribution is -2.36. The maximum atomic E-state index is 12.3. The third-order valence-electron chi connectivity index (χ3n) is 4.09. The van der Waals surface area contributed by atoms with Crippen molar-refractivity contribution < 1.29 is 4.79 Å². The van der Waals surface area contributed by atoms with Crippen LogP contribution in [0.2, 0.25) is 0 Å². The third kappa shape index (κ3) is 4.89. The van der Waals surface area contributed by atoms with Gasteiger partial charge in [-0.05, 0) is 5.56 Å². The van der Waals surface area contributed by atoms with Crippen molar-refractivity contribution in [3.63, 3.8) is 0 Å². The van der Waals surface area contributed by atoms with Gasteiger partial charge in [0.05, 0.1) is 16.6 Å². The quantitative estimate of drug-likeness (QED) is 0.843. The Morgan fingerprint density at radius 1 is 1.29 bits per heavy atom. The zero-order valence-electron chi connectivity index (χ0n) is 14.9. The lowest BCUT2D eigenvalue weighted by molar-refractivity contribution is -0.125. The Kier molecular flexibility index (Phi) is 6.13. The highest BCUT2D eigenvalue weighted by Gasteiger charge is 2.22. The van der Waals surface area contributed by atoms with Crippen molar-refractivity contribution in [2.75, 3.05) is 6.54 Å². The minimum atomic E-state index is -0.293. The highest BCUT2D eigenvalue weighted by atomic mass is 32.1. The molecule has 1 aromatic carbocycles. The molecular formula is C19H27N3OS. The number of nitrogens with one attached hydrogen (secondary N) is 1. The summed E-state index contributed by atoms with van der Waals surface area (Å²) in [6, 6.07) is 9.44. The molecule has 2 atom stereocenters. The molecule has 0 radical (unpaired) electrons. The van der Waals surface area contributed by atoms with Crippen LogP contribution in [0.4, 0.5) is 0 Å². The standard InChI is InChI=1S/C19H27N3OS/c1-13(17(20)14-8-6-5-7-9-14)18(23)21-11-10-16-22-15(12-24-16)19(2,3)4/h5-9,12-13,17H,10-11,20H2,1-4H3,(H,21,23). The molecule has 24 heavy (non-hydrogen) atoms. The minimum Gasteiger partial charge on any atom is -0.355 e. The maximum Gasteiger partial charge on any atom is 0.224 e. The van der Waals surface area contributed by atoms with Gasteiger partial charge >= 0.3 is 0 Å². The van der Waals surface area contributed by atoms with Gasteiger partial charge in [0.1, 0.15) is 0 Å². The minimum absolute atomic E-state index is 0.0149. The second kappa shape index (κ2) is 7.90. The monoisotopic (exact) mass is 345 g/mol. The summed E-state index contributed by atoms with van der Waals surface area (Å²) >= 11 is 1.65. The summed E-state index contributed by atoms with van der Waals surface area (Å²) in [5.74, 6) is -0.284. The van der Waals surface area contributed by atoms with Crippen LogP contribution in [-0.4, -0.2) is 17.4 Å². The number of amides is 1. The molecule has 1 heterocycles. The van der Waals surface area contributed by atoms with Crippen LogP contribution in [0.1, 0.15) is 50.0 Å². The molecule has 5 heteroatoms. The molecule has 1 aromatic heterocycles. The number of nitrogens with zero attached hydrogens (tertiary/aromatic N) is 1. The van der Waals surface area contributed by atoms with Gasteiger partial charge in [0, 0.05) is 29.8 Å². The van der Waals surface area contributed by atoms with Gasteiger partial charge in [-0.25, -0.2) is 4.98 Å². The summed E-state index contributed by atoms with van der Waals surface area (Å²) in [7, 11) is 0. The van der Waals surface area contributed by atoms with E-state index < -0.39 is 0 Å². The van der Waals surface area contributed by atoms with E-state index in [9.17, 15) is 4.79 Å². The summed E-state index contributed by atoms with van der Waals surface area (Å²) in [6.45, 7) is 8.91. The van der Waals surface area contributed by atoms with Crippen molar-refractivity contribution in [1.29, 1.82) is 0 Å². The van der Waals surface area contributed by atoms with Gasteiger partial charge in [0.2, 0.25) is 5.91 Å². The van der Waals surface area contributed by atoms with Gasteiger partial charge in [-0.15, -0.1) is 11.3 Å². The number of rotatable bonds is 6. The number of carbonyl (C=O) groups excluding carboxylic acids is 1. The van der Waals surface area contributed by atoms with E-state index in [0.717, 1.165) is 22.7 Å². The van der Waals surface area contributed by atoms with Crippen LogP contribution in [0, 0.1) is 5.92 Å². The molecule has 2 rings (SSSR count). The SMILES string of the molecule is CC(C(=O)NCCc1nc(C(C)(C)C)cs1)C(N)c1ccccc1. The molecular weight excluding hydrogens is 318 g/mol. The normalized spacial score (nSPS) is 14.2. The smallest absolute Gasteiger partial charge is 0.224 e. The average Bonchev–Trinajstić information content (AvgIpc) is 3.03. The molecule has 130 valence electrons. The van der Waals surface area contributed by atoms with Crippen LogP contribution in [0.3, 0.4) is 0 Å². The van der Waals surface area contributed by atoms with Crippen molar-refractivity contribution in [2.24, 2.45) is 11.7 Å². The Morgan fingerprint density at radius 3 is 2.54 bits per heavy atom. The second-order valence-corrected chi connectivity index (χ2v) is 8.09. The van der Waals surface area contributed by atoms with Gasteiger partial charge in [0.25, 0.3) is 0 Å². The van der Waals surface area contributed by atoms with Crippen LogP contribution < -0.4 is 11.1 Å². The zero-order valence-corrected chi connectivity index (χ0v) is 15.7. The van der Waals surface area contributed by atoms with E-state index in [-0.39, 0.29) is 23.3 Å². The van der Waals surface area contributed by atoms with E-state index >= 15 is 0 Å². The summed E-state index contributed by atoms with van der Waals surface area (Å²) in [5, 5.41) is 6.14. The summed E-state index contributed by atoms with van der Waals surface area (Å²) in [6.07, 6.45) is 0.750. The number of nitrogens with two attached hydrogens (primary N) is 1. The molecule has 2 unspecified atom stereocenters. The number of aromatic nitrogens is 1. The topological polar surface area (TPSA) is 68.0 Å². The highest BCUT2D eigenvalue weighted by Crippen LogP contribution is 2.24. The largest absolute Gasteiger partial charge is 0.355 e. The van der Waals surface area contributed by atoms with Crippen LogP contribution in [0.25, 0.3) is 0 Å². The Morgan fingerprint density at radius 2 is 1.96 bits per heavy atom. The fourth-order valence-corrected chi connectivity index (χ4v) is 3.38. The highest BCUT2D eigenvalue weighted by molar-refractivity contribution is 7.09. The number of hydrogen-bond acceptors (Lipinski definition) is 4. The van der Waals surface area contributed by atoms with Crippen LogP contribution in [-0.2, 0) is 16.6 Å².